The average molecular weight is 281 g/mol. The van der Waals surface area contributed by atoms with Crippen LogP contribution in [0.3, 0.4) is 0 Å². The molecule has 0 aromatic carbocycles. The highest BCUT2D eigenvalue weighted by molar-refractivity contribution is 6.20. The molecule has 1 atom stereocenters. The Morgan fingerprint density at radius 1 is 1.16 bits per heavy atom. The van der Waals surface area contributed by atoms with E-state index in [1.165, 1.54) is 57.1 Å². The second-order valence-corrected chi connectivity index (χ2v) is 6.89. The quantitative estimate of drug-likeness (QED) is 0.713. The van der Waals surface area contributed by atoms with E-state index in [0.29, 0.717) is 11.4 Å². The van der Waals surface area contributed by atoms with Gasteiger partial charge >= 0.3 is 0 Å². The molecular formula is C16H25ClN2. The second kappa shape index (κ2) is 6.30. The maximum absolute atomic E-state index is 6.54. The Balaban J connectivity index is 1.49. The number of alkyl halides is 1. The van der Waals surface area contributed by atoms with Crippen molar-refractivity contribution in [1.82, 2.24) is 9.78 Å². The smallest absolute Gasteiger partial charge is 0.0625 e. The highest BCUT2D eigenvalue weighted by atomic mass is 35.5. The van der Waals surface area contributed by atoms with Gasteiger partial charge in [-0.1, -0.05) is 25.7 Å². The zero-order valence-electron chi connectivity index (χ0n) is 11.7. The molecule has 2 fully saturated rings. The van der Waals surface area contributed by atoms with Crippen molar-refractivity contribution >= 4 is 11.6 Å². The molecular weight excluding hydrogens is 256 g/mol. The van der Waals surface area contributed by atoms with Gasteiger partial charge in [0.2, 0.25) is 0 Å². The molecule has 2 saturated carbocycles. The standard InChI is InChI=1S/C16H25ClN2/c17-16(13-5-1-2-6-13)10-9-14-11-12-19(18-14)15-7-3-4-8-15/h11-13,15-16H,1-10H2. The number of hydrogen-bond acceptors (Lipinski definition) is 1. The molecule has 0 aliphatic heterocycles. The zero-order valence-corrected chi connectivity index (χ0v) is 12.5. The molecule has 0 N–H and O–H groups in total. The predicted molar refractivity (Wildman–Crippen MR) is 79.7 cm³/mol. The molecule has 2 aliphatic rings. The fraction of sp³-hybridized carbons (Fsp3) is 0.812. The lowest BCUT2D eigenvalue weighted by atomic mass is 9.99. The summed E-state index contributed by atoms with van der Waals surface area (Å²) in [7, 11) is 0. The van der Waals surface area contributed by atoms with Crippen molar-refractivity contribution in [2.45, 2.75) is 75.6 Å². The van der Waals surface area contributed by atoms with E-state index < -0.39 is 0 Å². The van der Waals surface area contributed by atoms with Gasteiger partial charge in [-0.2, -0.15) is 5.10 Å². The van der Waals surface area contributed by atoms with E-state index in [-0.39, 0.29) is 0 Å². The number of aryl methyl sites for hydroxylation is 1. The molecule has 3 heteroatoms. The molecule has 1 unspecified atom stereocenters. The lowest BCUT2D eigenvalue weighted by Gasteiger charge is -2.15. The van der Waals surface area contributed by atoms with E-state index in [0.717, 1.165) is 18.8 Å². The summed E-state index contributed by atoms with van der Waals surface area (Å²) in [5.74, 6) is 0.763. The van der Waals surface area contributed by atoms with E-state index >= 15 is 0 Å². The van der Waals surface area contributed by atoms with Crippen LogP contribution < -0.4 is 0 Å². The van der Waals surface area contributed by atoms with E-state index in [4.69, 9.17) is 16.7 Å². The van der Waals surface area contributed by atoms with Gasteiger partial charge in [0, 0.05) is 11.6 Å². The lowest BCUT2D eigenvalue weighted by Crippen LogP contribution is -2.12. The normalized spacial score (nSPS) is 23.2. The van der Waals surface area contributed by atoms with Gasteiger partial charge in [-0.05, 0) is 50.5 Å². The Bertz CT molecular complexity index is 389. The molecule has 1 heterocycles. The molecule has 0 bridgehead atoms. The van der Waals surface area contributed by atoms with Gasteiger partial charge < -0.3 is 0 Å². The van der Waals surface area contributed by atoms with Crippen LogP contribution in [0.4, 0.5) is 0 Å². The van der Waals surface area contributed by atoms with Crippen molar-refractivity contribution in [2.75, 3.05) is 0 Å². The van der Waals surface area contributed by atoms with Gasteiger partial charge in [0.15, 0.2) is 0 Å². The molecule has 0 amide bonds. The van der Waals surface area contributed by atoms with Gasteiger partial charge in [-0.3, -0.25) is 4.68 Å². The molecule has 0 spiro atoms. The highest BCUT2D eigenvalue weighted by Gasteiger charge is 2.23. The predicted octanol–water partition coefficient (Wildman–Crippen LogP) is 4.73. The Hall–Kier alpha value is -0.500. The van der Waals surface area contributed by atoms with Crippen molar-refractivity contribution in [2.24, 2.45) is 5.92 Å². The molecule has 2 nitrogen and oxygen atoms in total. The highest BCUT2D eigenvalue weighted by Crippen LogP contribution is 2.33. The van der Waals surface area contributed by atoms with Gasteiger partial charge in [0.25, 0.3) is 0 Å². The average Bonchev–Trinajstić information content (AvgIpc) is 3.14. The van der Waals surface area contributed by atoms with Crippen LogP contribution in [-0.4, -0.2) is 15.2 Å². The third kappa shape index (κ3) is 3.34. The van der Waals surface area contributed by atoms with Crippen LogP contribution in [0.1, 0.15) is 69.5 Å². The number of nitrogens with zero attached hydrogens (tertiary/aromatic N) is 2. The van der Waals surface area contributed by atoms with Crippen molar-refractivity contribution in [3.63, 3.8) is 0 Å². The minimum Gasteiger partial charge on any atom is -0.269 e. The van der Waals surface area contributed by atoms with Crippen molar-refractivity contribution < 1.29 is 0 Å². The van der Waals surface area contributed by atoms with Crippen LogP contribution >= 0.6 is 11.6 Å². The first-order chi connectivity index (χ1) is 9.33. The number of hydrogen-bond donors (Lipinski definition) is 0. The van der Waals surface area contributed by atoms with Gasteiger partial charge in [-0.25, -0.2) is 0 Å². The molecule has 0 radical (unpaired) electrons. The third-order valence-electron chi connectivity index (χ3n) is 4.95. The zero-order chi connectivity index (χ0) is 13.1. The minimum absolute atomic E-state index is 0.360. The summed E-state index contributed by atoms with van der Waals surface area (Å²) in [5, 5.41) is 5.11. The Kier molecular flexibility index (Phi) is 4.47. The van der Waals surface area contributed by atoms with Crippen LogP contribution in [0, 0.1) is 5.92 Å². The van der Waals surface area contributed by atoms with Crippen molar-refractivity contribution in [3.8, 4) is 0 Å². The minimum atomic E-state index is 0.360. The first kappa shape index (κ1) is 13.5. The third-order valence-corrected chi connectivity index (χ3v) is 5.52. The summed E-state index contributed by atoms with van der Waals surface area (Å²) in [6.07, 6.45) is 15.1. The van der Waals surface area contributed by atoms with Gasteiger partial charge in [0.05, 0.1) is 11.7 Å². The first-order valence-electron chi connectivity index (χ1n) is 8.01. The second-order valence-electron chi connectivity index (χ2n) is 6.32. The van der Waals surface area contributed by atoms with Crippen LogP contribution in [-0.2, 0) is 6.42 Å². The SMILES string of the molecule is ClC(CCc1ccn(C2CCCC2)n1)C1CCCC1. The van der Waals surface area contributed by atoms with Gasteiger partial charge in [-0.15, -0.1) is 11.6 Å². The topological polar surface area (TPSA) is 17.8 Å². The first-order valence-corrected chi connectivity index (χ1v) is 8.44. The lowest BCUT2D eigenvalue weighted by molar-refractivity contribution is 0.457. The summed E-state index contributed by atoms with van der Waals surface area (Å²) in [4.78, 5) is 0. The maximum atomic E-state index is 6.54. The largest absolute Gasteiger partial charge is 0.269 e. The monoisotopic (exact) mass is 280 g/mol. The fourth-order valence-electron chi connectivity index (χ4n) is 3.72. The summed E-state index contributed by atoms with van der Waals surface area (Å²) in [5.41, 5.74) is 1.23. The van der Waals surface area contributed by atoms with Crippen LogP contribution in [0.5, 0.6) is 0 Å². The molecule has 19 heavy (non-hydrogen) atoms. The Labute approximate surface area is 121 Å². The van der Waals surface area contributed by atoms with Crippen LogP contribution in [0.15, 0.2) is 12.3 Å². The maximum Gasteiger partial charge on any atom is 0.0625 e. The van der Waals surface area contributed by atoms with E-state index in [1.54, 1.807) is 0 Å². The van der Waals surface area contributed by atoms with Crippen LogP contribution in [0.2, 0.25) is 0 Å². The summed E-state index contributed by atoms with van der Waals surface area (Å²) in [6, 6.07) is 2.85. The Morgan fingerprint density at radius 3 is 2.58 bits per heavy atom. The summed E-state index contributed by atoms with van der Waals surface area (Å²) in [6.45, 7) is 0. The van der Waals surface area contributed by atoms with Crippen molar-refractivity contribution in [3.05, 3.63) is 18.0 Å². The van der Waals surface area contributed by atoms with Gasteiger partial charge in [0.1, 0.15) is 0 Å². The van der Waals surface area contributed by atoms with Crippen LogP contribution in [0.25, 0.3) is 0 Å². The number of halogens is 1. The molecule has 106 valence electrons. The Morgan fingerprint density at radius 2 is 1.84 bits per heavy atom. The summed E-state index contributed by atoms with van der Waals surface area (Å²) < 4.78 is 2.20. The van der Waals surface area contributed by atoms with E-state index in [1.807, 2.05) is 0 Å². The molecule has 2 aliphatic carbocycles. The fourth-order valence-corrected chi connectivity index (χ4v) is 4.08. The van der Waals surface area contributed by atoms with E-state index in [2.05, 4.69) is 16.9 Å². The summed E-state index contributed by atoms with van der Waals surface area (Å²) >= 11 is 6.54. The molecule has 3 rings (SSSR count). The molecule has 1 aromatic heterocycles. The molecule has 1 aromatic rings. The van der Waals surface area contributed by atoms with Crippen molar-refractivity contribution in [1.29, 1.82) is 0 Å². The molecule has 0 saturated heterocycles. The number of rotatable bonds is 5. The number of aromatic nitrogens is 2. The van der Waals surface area contributed by atoms with E-state index in [9.17, 15) is 0 Å².